The summed E-state index contributed by atoms with van der Waals surface area (Å²) in [4.78, 5) is 16.5. The fourth-order valence-corrected chi connectivity index (χ4v) is 2.93. The van der Waals surface area contributed by atoms with E-state index in [1.807, 2.05) is 33.0 Å². The Labute approximate surface area is 135 Å². The maximum Gasteiger partial charge on any atom is 0.242 e. The molecule has 0 atom stereocenters. The quantitative estimate of drug-likeness (QED) is 0.864. The third-order valence-corrected chi connectivity index (χ3v) is 4.65. The fourth-order valence-electron chi connectivity index (χ4n) is 2.57. The molecular weight excluding hydrogens is 306 g/mol. The highest BCUT2D eigenvalue weighted by atomic mass is 35.5. The highest BCUT2D eigenvalue weighted by Gasteiger charge is 2.40. The summed E-state index contributed by atoms with van der Waals surface area (Å²) in [5, 5.41) is 0.627. The zero-order valence-corrected chi connectivity index (χ0v) is 14.1. The Morgan fingerprint density at radius 1 is 1.43 bits per heavy atom. The number of thiocarbonyl (C=S) groups is 1. The van der Waals surface area contributed by atoms with Crippen LogP contribution in [0.15, 0.2) is 18.2 Å². The second-order valence-corrected chi connectivity index (χ2v) is 6.72. The van der Waals surface area contributed by atoms with E-state index in [4.69, 9.17) is 29.6 Å². The zero-order valence-electron chi connectivity index (χ0n) is 12.5. The Hall–Kier alpha value is -1.17. The molecule has 0 saturated carbocycles. The number of nitrogens with two attached hydrogens (primary N) is 1. The molecule has 0 unspecified atom stereocenters. The van der Waals surface area contributed by atoms with E-state index in [0.717, 1.165) is 24.2 Å². The molecule has 1 heterocycles. The van der Waals surface area contributed by atoms with Crippen LogP contribution in [0.2, 0.25) is 5.02 Å². The SMILES string of the molecule is CN1CCN(Cc2ccc(C(N)=S)cc2Cl)C(C)(C)C1=O. The topological polar surface area (TPSA) is 49.6 Å². The second kappa shape index (κ2) is 5.91. The van der Waals surface area contributed by atoms with Gasteiger partial charge in [-0.25, -0.2) is 0 Å². The summed E-state index contributed by atoms with van der Waals surface area (Å²) in [5.74, 6) is 0.129. The number of likely N-dealkylation sites (N-methyl/N-ethyl adjacent to an activating group) is 1. The molecule has 4 nitrogen and oxygen atoms in total. The molecule has 0 spiro atoms. The highest BCUT2D eigenvalue weighted by molar-refractivity contribution is 7.80. The largest absolute Gasteiger partial charge is 0.389 e. The van der Waals surface area contributed by atoms with Gasteiger partial charge in [0.25, 0.3) is 0 Å². The summed E-state index contributed by atoms with van der Waals surface area (Å²) in [6.07, 6.45) is 0. The molecule has 2 N–H and O–H groups in total. The monoisotopic (exact) mass is 325 g/mol. The van der Waals surface area contributed by atoms with Crippen LogP contribution in [0.5, 0.6) is 0 Å². The molecule has 0 aliphatic carbocycles. The van der Waals surface area contributed by atoms with E-state index in [1.165, 1.54) is 0 Å². The number of benzene rings is 1. The molecule has 0 bridgehead atoms. The third kappa shape index (κ3) is 3.20. The molecule has 114 valence electrons. The first-order valence-corrected chi connectivity index (χ1v) is 7.61. The van der Waals surface area contributed by atoms with E-state index in [1.54, 1.807) is 11.0 Å². The van der Waals surface area contributed by atoms with Gasteiger partial charge in [0.15, 0.2) is 0 Å². The van der Waals surface area contributed by atoms with Crippen LogP contribution in [0.25, 0.3) is 0 Å². The lowest BCUT2D eigenvalue weighted by Gasteiger charge is -2.44. The number of carbonyl (C=O) groups is 1. The van der Waals surface area contributed by atoms with Gasteiger partial charge >= 0.3 is 0 Å². The van der Waals surface area contributed by atoms with Crippen LogP contribution in [0.4, 0.5) is 0 Å². The fraction of sp³-hybridized carbons (Fsp3) is 0.467. The van der Waals surface area contributed by atoms with Crippen molar-refractivity contribution < 1.29 is 4.79 Å². The number of halogens is 1. The van der Waals surface area contributed by atoms with E-state index < -0.39 is 5.54 Å². The van der Waals surface area contributed by atoms with Crippen molar-refractivity contribution in [1.29, 1.82) is 0 Å². The number of nitrogens with zero attached hydrogens (tertiary/aromatic N) is 2. The van der Waals surface area contributed by atoms with Crippen molar-refractivity contribution in [2.75, 3.05) is 20.1 Å². The van der Waals surface area contributed by atoms with Crippen LogP contribution in [-0.4, -0.2) is 46.4 Å². The van der Waals surface area contributed by atoms with Crippen LogP contribution in [-0.2, 0) is 11.3 Å². The number of hydrogen-bond acceptors (Lipinski definition) is 3. The maximum absolute atomic E-state index is 12.3. The lowest BCUT2D eigenvalue weighted by molar-refractivity contribution is -0.147. The van der Waals surface area contributed by atoms with Crippen LogP contribution in [0, 0.1) is 0 Å². The van der Waals surface area contributed by atoms with Crippen molar-refractivity contribution in [3.05, 3.63) is 34.3 Å². The molecular formula is C15H20ClN3OS. The number of rotatable bonds is 3. The maximum atomic E-state index is 12.3. The zero-order chi connectivity index (χ0) is 15.8. The van der Waals surface area contributed by atoms with Gasteiger partial charge in [0.1, 0.15) is 4.99 Å². The number of carbonyl (C=O) groups excluding carboxylic acids is 1. The van der Waals surface area contributed by atoms with Gasteiger partial charge in [-0.15, -0.1) is 0 Å². The van der Waals surface area contributed by atoms with Crippen molar-refractivity contribution in [2.45, 2.75) is 25.9 Å². The van der Waals surface area contributed by atoms with Gasteiger partial charge in [0.2, 0.25) is 5.91 Å². The Kier molecular flexibility index (Phi) is 4.56. The first kappa shape index (κ1) is 16.2. The molecule has 1 amide bonds. The van der Waals surface area contributed by atoms with E-state index in [0.29, 0.717) is 16.6 Å². The summed E-state index contributed by atoms with van der Waals surface area (Å²) in [7, 11) is 1.84. The van der Waals surface area contributed by atoms with Crippen LogP contribution in [0.1, 0.15) is 25.0 Å². The molecule has 1 aromatic rings. The van der Waals surface area contributed by atoms with Crippen molar-refractivity contribution in [3.63, 3.8) is 0 Å². The molecule has 1 aliphatic rings. The van der Waals surface area contributed by atoms with Crippen molar-refractivity contribution in [1.82, 2.24) is 9.80 Å². The van der Waals surface area contributed by atoms with Crippen molar-refractivity contribution in [2.24, 2.45) is 5.73 Å². The predicted octanol–water partition coefficient (Wildman–Crippen LogP) is 2.03. The summed E-state index contributed by atoms with van der Waals surface area (Å²) in [6.45, 7) is 6.07. The van der Waals surface area contributed by atoms with Gasteiger partial charge < -0.3 is 10.6 Å². The number of amides is 1. The van der Waals surface area contributed by atoms with Gasteiger partial charge in [-0.05, 0) is 25.5 Å². The van der Waals surface area contributed by atoms with E-state index in [9.17, 15) is 4.79 Å². The van der Waals surface area contributed by atoms with E-state index >= 15 is 0 Å². The van der Waals surface area contributed by atoms with Crippen LogP contribution < -0.4 is 5.73 Å². The van der Waals surface area contributed by atoms with Crippen LogP contribution >= 0.6 is 23.8 Å². The highest BCUT2D eigenvalue weighted by Crippen LogP contribution is 2.27. The van der Waals surface area contributed by atoms with Crippen LogP contribution in [0.3, 0.4) is 0 Å². The predicted molar refractivity (Wildman–Crippen MR) is 89.5 cm³/mol. The molecule has 0 aromatic heterocycles. The smallest absolute Gasteiger partial charge is 0.242 e. The molecule has 1 fully saturated rings. The van der Waals surface area contributed by atoms with Gasteiger partial charge in [-0.2, -0.15) is 0 Å². The lowest BCUT2D eigenvalue weighted by atomic mass is 9.96. The average molecular weight is 326 g/mol. The Bertz CT molecular complexity index is 588. The first-order chi connectivity index (χ1) is 9.73. The Morgan fingerprint density at radius 3 is 2.67 bits per heavy atom. The molecule has 0 radical (unpaired) electrons. The number of hydrogen-bond donors (Lipinski definition) is 1. The van der Waals surface area contributed by atoms with E-state index in [-0.39, 0.29) is 5.91 Å². The molecule has 1 saturated heterocycles. The summed E-state index contributed by atoms with van der Waals surface area (Å²) in [5.41, 5.74) is 6.81. The summed E-state index contributed by atoms with van der Waals surface area (Å²) >= 11 is 11.3. The minimum atomic E-state index is -0.530. The molecule has 6 heteroatoms. The van der Waals surface area contributed by atoms with E-state index in [2.05, 4.69) is 4.90 Å². The Morgan fingerprint density at radius 2 is 2.10 bits per heavy atom. The van der Waals surface area contributed by atoms with Crippen molar-refractivity contribution in [3.8, 4) is 0 Å². The van der Waals surface area contributed by atoms with Crippen molar-refractivity contribution >= 4 is 34.7 Å². The third-order valence-electron chi connectivity index (χ3n) is 4.06. The summed E-state index contributed by atoms with van der Waals surface area (Å²) < 4.78 is 0. The van der Waals surface area contributed by atoms with Gasteiger partial charge in [-0.3, -0.25) is 9.69 Å². The Balaban J connectivity index is 2.22. The minimum Gasteiger partial charge on any atom is -0.389 e. The standard InChI is InChI=1S/C15H20ClN3OS/c1-15(2)14(20)18(3)6-7-19(15)9-11-5-4-10(13(17)21)8-12(11)16/h4-5,8H,6-7,9H2,1-3H3,(H2,17,21). The molecule has 2 rings (SSSR count). The lowest BCUT2D eigenvalue weighted by Crippen LogP contribution is -2.61. The van der Waals surface area contributed by atoms with Gasteiger partial charge in [-0.1, -0.05) is 36.0 Å². The minimum absolute atomic E-state index is 0.129. The van der Waals surface area contributed by atoms with Gasteiger partial charge in [0, 0.05) is 37.3 Å². The average Bonchev–Trinajstić information content (AvgIpc) is 2.41. The molecule has 21 heavy (non-hydrogen) atoms. The molecule has 1 aromatic carbocycles. The summed E-state index contributed by atoms with van der Waals surface area (Å²) in [6, 6.07) is 5.58. The van der Waals surface area contributed by atoms with Gasteiger partial charge in [0.05, 0.1) is 5.54 Å². The number of piperazine rings is 1. The molecule has 1 aliphatic heterocycles. The first-order valence-electron chi connectivity index (χ1n) is 6.82. The second-order valence-electron chi connectivity index (χ2n) is 5.88. The normalized spacial score (nSPS) is 18.9.